The number of thiocarbonyl (C=S) groups is 1. The van der Waals surface area contributed by atoms with Crippen LogP contribution in [0.15, 0.2) is 66.9 Å². The number of pyridine rings is 1. The quantitative estimate of drug-likeness (QED) is 0.296. The molecule has 37 heavy (non-hydrogen) atoms. The van der Waals surface area contributed by atoms with Gasteiger partial charge in [-0.05, 0) is 99.4 Å². The van der Waals surface area contributed by atoms with Crippen molar-refractivity contribution in [2.75, 3.05) is 7.11 Å². The van der Waals surface area contributed by atoms with E-state index in [0.29, 0.717) is 6.54 Å². The summed E-state index contributed by atoms with van der Waals surface area (Å²) in [5, 5.41) is 4.34. The Kier molecular flexibility index (Phi) is 6.78. The van der Waals surface area contributed by atoms with Crippen LogP contribution in [-0.4, -0.2) is 26.7 Å². The Morgan fingerprint density at radius 2 is 1.65 bits per heavy atom. The number of aromatic nitrogens is 2. The van der Waals surface area contributed by atoms with Crippen LogP contribution in [0.5, 0.6) is 5.75 Å². The van der Waals surface area contributed by atoms with Crippen molar-refractivity contribution in [3.8, 4) is 11.4 Å². The molecule has 1 fully saturated rings. The zero-order valence-corrected chi connectivity index (χ0v) is 23.2. The molecule has 2 unspecified atom stereocenters. The summed E-state index contributed by atoms with van der Waals surface area (Å²) in [6.45, 7) is 11.7. The normalized spacial score (nSPS) is 17.2. The van der Waals surface area contributed by atoms with E-state index in [2.05, 4.69) is 85.8 Å². The first-order valence-corrected chi connectivity index (χ1v) is 13.1. The largest absolute Gasteiger partial charge is 0.497 e. The average molecular weight is 511 g/mol. The van der Waals surface area contributed by atoms with Crippen LogP contribution in [0.4, 0.5) is 0 Å². The predicted molar refractivity (Wildman–Crippen MR) is 153 cm³/mol. The van der Waals surface area contributed by atoms with Crippen molar-refractivity contribution < 1.29 is 4.74 Å². The van der Waals surface area contributed by atoms with E-state index in [-0.39, 0.29) is 12.1 Å². The van der Waals surface area contributed by atoms with E-state index in [4.69, 9.17) is 21.9 Å². The van der Waals surface area contributed by atoms with Crippen molar-refractivity contribution in [2.24, 2.45) is 0 Å². The molecule has 0 saturated carbocycles. The van der Waals surface area contributed by atoms with Crippen LogP contribution in [-0.2, 0) is 6.54 Å². The molecule has 1 aliphatic heterocycles. The average Bonchev–Trinajstić information content (AvgIpc) is 3.35. The van der Waals surface area contributed by atoms with Gasteiger partial charge in [0.15, 0.2) is 5.11 Å². The van der Waals surface area contributed by atoms with Gasteiger partial charge in [0.2, 0.25) is 0 Å². The fourth-order valence-corrected chi connectivity index (χ4v) is 6.10. The third-order valence-corrected chi connectivity index (χ3v) is 7.71. The van der Waals surface area contributed by atoms with Gasteiger partial charge in [-0.15, -0.1) is 0 Å². The summed E-state index contributed by atoms with van der Waals surface area (Å²) in [5.41, 5.74) is 11.0. The summed E-state index contributed by atoms with van der Waals surface area (Å²) >= 11 is 5.93. The molecule has 2 aromatic carbocycles. The van der Waals surface area contributed by atoms with E-state index in [1.807, 2.05) is 30.5 Å². The Labute approximate surface area is 225 Å². The minimum Gasteiger partial charge on any atom is -0.497 e. The van der Waals surface area contributed by atoms with Gasteiger partial charge in [0.25, 0.3) is 0 Å². The van der Waals surface area contributed by atoms with Crippen LogP contribution >= 0.6 is 12.2 Å². The van der Waals surface area contributed by atoms with Crippen LogP contribution in [0.25, 0.3) is 5.69 Å². The van der Waals surface area contributed by atoms with Gasteiger partial charge in [0, 0.05) is 24.1 Å². The van der Waals surface area contributed by atoms with Crippen molar-refractivity contribution in [1.29, 1.82) is 0 Å². The highest BCUT2D eigenvalue weighted by molar-refractivity contribution is 7.80. The molecular formula is C31H34N4OS. The van der Waals surface area contributed by atoms with Gasteiger partial charge in [0.1, 0.15) is 5.75 Å². The standard InChI is InChI=1S/C31H34N4OS/c1-19-15-20(2)29(21(3)16-19)35-22(4)17-26(23(35)5)30-28(27-9-7-8-14-32-27)33-31(37)34(30)18-24-10-12-25(36-6)13-11-24/h7-17,28,30H,18H2,1-6H3,(H,33,37). The summed E-state index contributed by atoms with van der Waals surface area (Å²) in [7, 11) is 1.69. The Bertz CT molecular complexity index is 1420. The van der Waals surface area contributed by atoms with Crippen molar-refractivity contribution >= 4 is 17.3 Å². The van der Waals surface area contributed by atoms with Crippen LogP contribution < -0.4 is 10.1 Å². The van der Waals surface area contributed by atoms with Crippen LogP contribution in [0.3, 0.4) is 0 Å². The molecule has 190 valence electrons. The summed E-state index contributed by atoms with van der Waals surface area (Å²) in [4.78, 5) is 7.02. The summed E-state index contributed by atoms with van der Waals surface area (Å²) < 4.78 is 7.77. The Morgan fingerprint density at radius 1 is 0.946 bits per heavy atom. The molecule has 1 saturated heterocycles. The Hall–Kier alpha value is -3.64. The molecule has 6 heteroatoms. The molecule has 0 spiro atoms. The molecule has 2 atom stereocenters. The lowest BCUT2D eigenvalue weighted by molar-refractivity contribution is 0.310. The molecule has 1 aliphatic rings. The summed E-state index contributed by atoms with van der Waals surface area (Å²) in [5.74, 6) is 0.848. The van der Waals surface area contributed by atoms with Crippen molar-refractivity contribution in [3.63, 3.8) is 0 Å². The van der Waals surface area contributed by atoms with E-state index in [0.717, 1.165) is 16.6 Å². The maximum Gasteiger partial charge on any atom is 0.170 e. The van der Waals surface area contributed by atoms with Gasteiger partial charge in [-0.25, -0.2) is 0 Å². The van der Waals surface area contributed by atoms with E-state index < -0.39 is 0 Å². The minimum atomic E-state index is -0.0545. The molecular weight excluding hydrogens is 476 g/mol. The van der Waals surface area contributed by atoms with E-state index in [9.17, 15) is 0 Å². The highest BCUT2D eigenvalue weighted by Gasteiger charge is 2.41. The van der Waals surface area contributed by atoms with Gasteiger partial charge in [0.05, 0.1) is 30.6 Å². The van der Waals surface area contributed by atoms with Gasteiger partial charge in [-0.1, -0.05) is 35.9 Å². The highest BCUT2D eigenvalue weighted by atomic mass is 32.1. The maximum absolute atomic E-state index is 5.93. The Balaban J connectivity index is 1.63. The predicted octanol–water partition coefficient (Wildman–Crippen LogP) is 6.60. The first-order chi connectivity index (χ1) is 17.8. The number of aryl methyl sites for hydroxylation is 4. The summed E-state index contributed by atoms with van der Waals surface area (Å²) in [6.07, 6.45) is 1.85. The van der Waals surface area contributed by atoms with Crippen LogP contribution in [0.1, 0.15) is 57.0 Å². The second-order valence-electron chi connectivity index (χ2n) is 10.0. The maximum atomic E-state index is 5.93. The minimum absolute atomic E-state index is 0.00416. The lowest BCUT2D eigenvalue weighted by atomic mass is 9.96. The van der Waals surface area contributed by atoms with Crippen molar-refractivity contribution in [1.82, 2.24) is 19.8 Å². The smallest absolute Gasteiger partial charge is 0.170 e. The molecule has 2 aromatic heterocycles. The van der Waals surface area contributed by atoms with Gasteiger partial charge >= 0.3 is 0 Å². The van der Waals surface area contributed by atoms with Crippen LogP contribution in [0, 0.1) is 34.6 Å². The molecule has 0 aliphatic carbocycles. The van der Waals surface area contributed by atoms with Gasteiger partial charge in [-0.2, -0.15) is 0 Å². The van der Waals surface area contributed by atoms with E-state index in [1.54, 1.807) is 7.11 Å². The number of nitrogens with one attached hydrogen (secondary N) is 1. The molecule has 5 rings (SSSR count). The fraction of sp³-hybridized carbons (Fsp3) is 0.290. The third kappa shape index (κ3) is 4.62. The second-order valence-corrected chi connectivity index (χ2v) is 10.4. The van der Waals surface area contributed by atoms with E-state index in [1.165, 1.54) is 44.9 Å². The van der Waals surface area contributed by atoms with Gasteiger partial charge in [-0.3, -0.25) is 4.98 Å². The first kappa shape index (κ1) is 25.0. The number of ether oxygens (including phenoxy) is 1. The number of rotatable bonds is 6. The van der Waals surface area contributed by atoms with Crippen molar-refractivity contribution in [3.05, 3.63) is 112 Å². The van der Waals surface area contributed by atoms with Crippen LogP contribution in [0.2, 0.25) is 0 Å². The lowest BCUT2D eigenvalue weighted by Crippen LogP contribution is -2.29. The fourth-order valence-electron chi connectivity index (χ4n) is 5.80. The zero-order chi connectivity index (χ0) is 26.3. The topological polar surface area (TPSA) is 42.3 Å². The molecule has 5 nitrogen and oxygen atoms in total. The van der Waals surface area contributed by atoms with Crippen molar-refractivity contribution in [2.45, 2.75) is 53.2 Å². The summed E-state index contributed by atoms with van der Waals surface area (Å²) in [6, 6.07) is 21.1. The van der Waals surface area contributed by atoms with E-state index >= 15 is 0 Å². The third-order valence-electron chi connectivity index (χ3n) is 7.36. The monoisotopic (exact) mass is 510 g/mol. The number of hydrogen-bond donors (Lipinski definition) is 1. The molecule has 1 N–H and O–H groups in total. The molecule has 3 heterocycles. The zero-order valence-electron chi connectivity index (χ0n) is 22.4. The molecule has 4 aromatic rings. The Morgan fingerprint density at radius 3 is 2.27 bits per heavy atom. The SMILES string of the molecule is COc1ccc(CN2C(=S)NC(c3ccccn3)C2c2cc(C)n(-c3c(C)cc(C)cc3C)c2C)cc1. The number of hydrogen-bond acceptors (Lipinski definition) is 3. The molecule has 0 radical (unpaired) electrons. The first-order valence-electron chi connectivity index (χ1n) is 12.7. The second kappa shape index (κ2) is 10.0. The molecule has 0 amide bonds. The number of nitrogens with zero attached hydrogens (tertiary/aromatic N) is 3. The number of methoxy groups -OCH3 is 1. The highest BCUT2D eigenvalue weighted by Crippen LogP contribution is 2.42. The molecule has 0 bridgehead atoms. The number of benzene rings is 2. The lowest BCUT2D eigenvalue weighted by Gasteiger charge is -2.28. The van der Waals surface area contributed by atoms with Gasteiger partial charge < -0.3 is 19.5 Å².